The van der Waals surface area contributed by atoms with Crippen molar-refractivity contribution in [1.82, 2.24) is 5.32 Å². The molecule has 0 bridgehead atoms. The van der Waals surface area contributed by atoms with Crippen molar-refractivity contribution in [2.45, 2.75) is 50.6 Å². The van der Waals surface area contributed by atoms with E-state index in [1.54, 1.807) is 24.3 Å². The fraction of sp³-hybridized carbons (Fsp3) is 0.323. The number of nitrogens with one attached hydrogen (secondary N) is 3. The molecule has 43 heavy (non-hydrogen) atoms. The van der Waals surface area contributed by atoms with E-state index >= 15 is 4.39 Å². The summed E-state index contributed by atoms with van der Waals surface area (Å²) in [5.41, 5.74) is -1.59. The Labute approximate surface area is 256 Å². The van der Waals surface area contributed by atoms with Gasteiger partial charge in [0.05, 0.1) is 29.4 Å². The van der Waals surface area contributed by atoms with Crippen LogP contribution in [0, 0.1) is 17.0 Å². The molecule has 12 heteroatoms. The minimum absolute atomic E-state index is 0.0360. The second-order valence-electron chi connectivity index (χ2n) is 11.9. The van der Waals surface area contributed by atoms with Crippen molar-refractivity contribution in [2.75, 3.05) is 17.7 Å². The van der Waals surface area contributed by atoms with E-state index in [9.17, 15) is 23.9 Å². The van der Waals surface area contributed by atoms with E-state index in [0.29, 0.717) is 22.7 Å². The van der Waals surface area contributed by atoms with Gasteiger partial charge in [-0.2, -0.15) is 0 Å². The topological polar surface area (TPSA) is 117 Å². The molecule has 4 N–H and O–H groups in total. The molecule has 2 aliphatic heterocycles. The number of anilines is 2. The highest BCUT2D eigenvalue weighted by atomic mass is 35.5. The van der Waals surface area contributed by atoms with Gasteiger partial charge >= 0.3 is 5.97 Å². The lowest BCUT2D eigenvalue weighted by molar-refractivity contribution is -0.122. The van der Waals surface area contributed by atoms with Crippen molar-refractivity contribution in [3.8, 4) is 5.75 Å². The van der Waals surface area contributed by atoms with Crippen molar-refractivity contribution in [3.63, 3.8) is 0 Å². The van der Waals surface area contributed by atoms with Gasteiger partial charge in [-0.3, -0.25) is 9.59 Å². The second kappa shape index (κ2) is 11.1. The molecule has 4 atom stereocenters. The molecule has 2 aliphatic rings. The van der Waals surface area contributed by atoms with Crippen molar-refractivity contribution >= 4 is 52.4 Å². The molecular formula is C31H29Cl2F2N3O5. The minimum Gasteiger partial charge on any atom is -0.495 e. The summed E-state index contributed by atoms with van der Waals surface area (Å²) in [6, 6.07) is 9.22. The zero-order valence-electron chi connectivity index (χ0n) is 23.7. The Kier molecular flexibility index (Phi) is 7.91. The second-order valence-corrected chi connectivity index (χ2v) is 12.8. The predicted octanol–water partition coefficient (Wildman–Crippen LogP) is 6.37. The maximum absolute atomic E-state index is 15.9. The van der Waals surface area contributed by atoms with E-state index in [0.717, 1.165) is 12.1 Å². The monoisotopic (exact) mass is 631 g/mol. The highest BCUT2D eigenvalue weighted by molar-refractivity contribution is 6.31. The van der Waals surface area contributed by atoms with Crippen LogP contribution in [0.25, 0.3) is 0 Å². The van der Waals surface area contributed by atoms with Crippen LogP contribution in [-0.4, -0.2) is 42.1 Å². The quantitative estimate of drug-likeness (QED) is 0.251. The molecule has 0 radical (unpaired) electrons. The fourth-order valence-electron chi connectivity index (χ4n) is 6.35. The summed E-state index contributed by atoms with van der Waals surface area (Å²) in [6.45, 7) is 5.95. The zero-order valence-corrected chi connectivity index (χ0v) is 25.2. The molecule has 1 saturated heterocycles. The van der Waals surface area contributed by atoms with E-state index in [-0.39, 0.29) is 27.4 Å². The number of methoxy groups -OCH3 is 1. The average Bonchev–Trinajstić information content (AvgIpc) is 3.39. The van der Waals surface area contributed by atoms with E-state index in [4.69, 9.17) is 27.9 Å². The van der Waals surface area contributed by atoms with Crippen LogP contribution in [0.4, 0.5) is 20.2 Å². The summed E-state index contributed by atoms with van der Waals surface area (Å²) in [4.78, 5) is 39.8. The SMILES string of the molecule is COc1cc(C(=O)O)c(F)cc1NC(=O)C1NC(CC(C)(C)C)C2(C(=O)Nc3cc(Cl)ccc32)C1c1cccc(Cl)c1F. The number of aromatic carboxylic acids is 1. The van der Waals surface area contributed by atoms with Gasteiger partial charge in [-0.1, -0.05) is 62.2 Å². The lowest BCUT2D eigenvalue weighted by atomic mass is 9.62. The molecule has 8 nitrogen and oxygen atoms in total. The van der Waals surface area contributed by atoms with Gasteiger partial charge in [-0.05, 0) is 47.2 Å². The summed E-state index contributed by atoms with van der Waals surface area (Å²) in [5, 5.41) is 18.3. The first-order valence-corrected chi connectivity index (χ1v) is 14.2. The van der Waals surface area contributed by atoms with E-state index in [1.807, 2.05) is 20.8 Å². The fourth-order valence-corrected chi connectivity index (χ4v) is 6.70. The highest BCUT2D eigenvalue weighted by Gasteiger charge is 2.66. The lowest BCUT2D eigenvalue weighted by Gasteiger charge is -2.37. The molecule has 2 amide bonds. The Morgan fingerprint density at radius 1 is 1.12 bits per heavy atom. The number of carboxylic acids is 1. The molecule has 0 saturated carbocycles. The van der Waals surface area contributed by atoms with Crippen LogP contribution in [0.3, 0.4) is 0 Å². The molecule has 1 spiro atoms. The average molecular weight is 632 g/mol. The third-order valence-corrected chi connectivity index (χ3v) is 8.53. The predicted molar refractivity (Wildman–Crippen MR) is 159 cm³/mol. The van der Waals surface area contributed by atoms with E-state index in [2.05, 4.69) is 16.0 Å². The van der Waals surface area contributed by atoms with Gasteiger partial charge in [0.15, 0.2) is 0 Å². The van der Waals surface area contributed by atoms with Crippen LogP contribution < -0.4 is 20.7 Å². The maximum atomic E-state index is 15.9. The molecule has 2 heterocycles. The number of halogens is 4. The smallest absolute Gasteiger partial charge is 0.338 e. The molecule has 5 rings (SSSR count). The molecule has 0 aromatic heterocycles. The van der Waals surface area contributed by atoms with Crippen LogP contribution in [0.15, 0.2) is 48.5 Å². The number of benzene rings is 3. The lowest BCUT2D eigenvalue weighted by Crippen LogP contribution is -2.49. The summed E-state index contributed by atoms with van der Waals surface area (Å²) < 4.78 is 35.8. The first kappa shape index (κ1) is 30.7. The molecule has 3 aromatic carbocycles. The number of carbonyl (C=O) groups is 3. The van der Waals surface area contributed by atoms with E-state index < -0.39 is 58.4 Å². The molecular weight excluding hydrogens is 603 g/mol. The van der Waals surface area contributed by atoms with Crippen molar-refractivity contribution in [3.05, 3.63) is 86.9 Å². The van der Waals surface area contributed by atoms with Crippen molar-refractivity contribution < 1.29 is 33.0 Å². The normalized spacial score (nSPS) is 22.8. The standard InChI is InChI=1S/C31H29Cl2F2N3O5/c1-30(2,3)13-23-31(17-9-8-14(32)10-20(17)37-29(31)42)24(15-6-5-7-18(33)25(15)35)26(38-23)27(39)36-21-12-19(34)16(28(40)41)11-22(21)43-4/h5-12,23-24,26,38H,13H2,1-4H3,(H,36,39)(H,37,42)(H,40,41). The first-order valence-electron chi connectivity index (χ1n) is 13.4. The number of ether oxygens (including phenoxy) is 1. The van der Waals surface area contributed by atoms with Crippen LogP contribution >= 0.6 is 23.2 Å². The largest absolute Gasteiger partial charge is 0.495 e. The van der Waals surface area contributed by atoms with Gasteiger partial charge in [0.1, 0.15) is 22.8 Å². The van der Waals surface area contributed by atoms with Gasteiger partial charge in [0, 0.05) is 28.7 Å². The highest BCUT2D eigenvalue weighted by Crippen LogP contribution is 2.57. The Balaban J connectivity index is 1.71. The van der Waals surface area contributed by atoms with E-state index in [1.165, 1.54) is 19.2 Å². The Hall–Kier alpha value is -3.73. The number of carboxylic acid groups (broad SMARTS) is 1. The maximum Gasteiger partial charge on any atom is 0.338 e. The number of carbonyl (C=O) groups excluding carboxylic acids is 2. The molecule has 0 aliphatic carbocycles. The van der Waals surface area contributed by atoms with Crippen LogP contribution in [0.5, 0.6) is 5.75 Å². The van der Waals surface area contributed by atoms with Crippen molar-refractivity contribution in [2.24, 2.45) is 5.41 Å². The van der Waals surface area contributed by atoms with Crippen LogP contribution in [-0.2, 0) is 15.0 Å². The number of hydrogen-bond acceptors (Lipinski definition) is 5. The number of amides is 2. The van der Waals surface area contributed by atoms with Gasteiger partial charge in [-0.25, -0.2) is 13.6 Å². The first-order chi connectivity index (χ1) is 20.2. The summed E-state index contributed by atoms with van der Waals surface area (Å²) in [6.07, 6.45) is 0.399. The Morgan fingerprint density at radius 3 is 2.49 bits per heavy atom. The van der Waals surface area contributed by atoms with Gasteiger partial charge in [0.2, 0.25) is 11.8 Å². The van der Waals surface area contributed by atoms with Gasteiger partial charge in [0.25, 0.3) is 0 Å². The van der Waals surface area contributed by atoms with Crippen molar-refractivity contribution in [1.29, 1.82) is 0 Å². The van der Waals surface area contributed by atoms with Crippen LogP contribution in [0.2, 0.25) is 10.0 Å². The number of hydrogen-bond donors (Lipinski definition) is 4. The Bertz CT molecular complexity index is 1660. The molecule has 3 aromatic rings. The third kappa shape index (κ3) is 5.21. The molecule has 226 valence electrons. The van der Waals surface area contributed by atoms with Gasteiger partial charge in [-0.15, -0.1) is 0 Å². The number of rotatable bonds is 6. The van der Waals surface area contributed by atoms with Crippen LogP contribution in [0.1, 0.15) is 54.6 Å². The molecule has 1 fully saturated rings. The summed E-state index contributed by atoms with van der Waals surface area (Å²) >= 11 is 12.5. The summed E-state index contributed by atoms with van der Waals surface area (Å²) in [5.74, 6) is -5.79. The summed E-state index contributed by atoms with van der Waals surface area (Å²) in [7, 11) is 1.24. The Morgan fingerprint density at radius 2 is 1.84 bits per heavy atom. The number of fused-ring (bicyclic) bond motifs is 2. The molecule has 4 unspecified atom stereocenters. The third-order valence-electron chi connectivity index (χ3n) is 8.00. The van der Waals surface area contributed by atoms with Gasteiger partial charge < -0.3 is 25.8 Å². The zero-order chi connectivity index (χ0) is 31.4. The minimum atomic E-state index is -1.51.